The molecule has 1 rings (SSSR count). The molecule has 0 atom stereocenters. The minimum Gasteiger partial charge on any atom is -0.383 e. The van der Waals surface area contributed by atoms with Crippen LogP contribution in [0, 0.1) is 11.3 Å². The van der Waals surface area contributed by atoms with Crippen LogP contribution in [0.25, 0.3) is 0 Å². The van der Waals surface area contributed by atoms with Crippen LogP contribution in [0.2, 0.25) is 0 Å². The monoisotopic (exact) mass is 225 g/mol. The highest BCUT2D eigenvalue weighted by molar-refractivity contribution is 4.83. The van der Waals surface area contributed by atoms with E-state index in [0.717, 1.165) is 45.4 Å². The Hall–Kier alpha value is -0.630. The van der Waals surface area contributed by atoms with Crippen LogP contribution in [-0.4, -0.2) is 43.8 Å². The molecule has 4 nitrogen and oxygen atoms in total. The zero-order chi connectivity index (χ0) is 11.8. The van der Waals surface area contributed by atoms with E-state index in [1.54, 1.807) is 7.11 Å². The van der Waals surface area contributed by atoms with Crippen LogP contribution in [0.3, 0.4) is 0 Å². The van der Waals surface area contributed by atoms with Gasteiger partial charge in [0.05, 0.1) is 12.7 Å². The summed E-state index contributed by atoms with van der Waals surface area (Å²) < 4.78 is 5.11. The van der Waals surface area contributed by atoms with E-state index in [4.69, 9.17) is 15.7 Å². The van der Waals surface area contributed by atoms with E-state index in [2.05, 4.69) is 11.0 Å². The molecule has 0 aromatic carbocycles. The Morgan fingerprint density at radius 3 is 2.56 bits per heavy atom. The van der Waals surface area contributed by atoms with Crippen LogP contribution in [0.4, 0.5) is 0 Å². The molecule has 0 unspecified atom stereocenters. The zero-order valence-corrected chi connectivity index (χ0v) is 10.2. The second kappa shape index (κ2) is 7.61. The normalized spacial score (nSPS) is 25.6. The zero-order valence-electron chi connectivity index (χ0n) is 10.2. The Morgan fingerprint density at radius 2 is 2.00 bits per heavy atom. The predicted octanol–water partition coefficient (Wildman–Crippen LogP) is 1.12. The van der Waals surface area contributed by atoms with Gasteiger partial charge in [0.15, 0.2) is 0 Å². The van der Waals surface area contributed by atoms with Crippen LogP contribution in [0.5, 0.6) is 0 Å². The molecule has 0 radical (unpaired) electrons. The van der Waals surface area contributed by atoms with Gasteiger partial charge in [-0.05, 0) is 25.7 Å². The van der Waals surface area contributed by atoms with E-state index in [9.17, 15) is 0 Å². The van der Waals surface area contributed by atoms with E-state index in [0.29, 0.717) is 18.5 Å². The molecule has 0 amide bonds. The predicted molar refractivity (Wildman–Crippen MR) is 63.9 cm³/mol. The summed E-state index contributed by atoms with van der Waals surface area (Å²) in [5.41, 5.74) is 5.90. The Labute approximate surface area is 98.4 Å². The summed E-state index contributed by atoms with van der Waals surface area (Å²) in [7, 11) is 1.72. The largest absolute Gasteiger partial charge is 0.383 e. The topological polar surface area (TPSA) is 62.3 Å². The fraction of sp³-hybridized carbons (Fsp3) is 0.917. The van der Waals surface area contributed by atoms with Crippen molar-refractivity contribution in [3.8, 4) is 6.07 Å². The van der Waals surface area contributed by atoms with Gasteiger partial charge in [0.2, 0.25) is 0 Å². The third-order valence-corrected chi connectivity index (χ3v) is 3.35. The van der Waals surface area contributed by atoms with Crippen molar-refractivity contribution in [1.82, 2.24) is 4.90 Å². The fourth-order valence-electron chi connectivity index (χ4n) is 2.35. The van der Waals surface area contributed by atoms with Gasteiger partial charge in [0.1, 0.15) is 0 Å². The molecular formula is C12H23N3O. The van der Waals surface area contributed by atoms with Gasteiger partial charge in [0.25, 0.3) is 0 Å². The summed E-state index contributed by atoms with van der Waals surface area (Å²) >= 11 is 0. The first kappa shape index (κ1) is 13.4. The van der Waals surface area contributed by atoms with Crippen molar-refractivity contribution in [3.05, 3.63) is 0 Å². The van der Waals surface area contributed by atoms with Gasteiger partial charge >= 0.3 is 0 Å². The molecule has 0 bridgehead atoms. The van der Waals surface area contributed by atoms with Gasteiger partial charge in [-0.25, -0.2) is 0 Å². The number of rotatable bonds is 6. The number of methoxy groups -OCH3 is 1. The molecule has 16 heavy (non-hydrogen) atoms. The minimum atomic E-state index is 0.386. The Kier molecular flexibility index (Phi) is 6.39. The Balaban J connectivity index is 2.37. The maximum Gasteiger partial charge on any atom is 0.0635 e. The molecule has 0 aliphatic heterocycles. The van der Waals surface area contributed by atoms with Gasteiger partial charge in [-0.2, -0.15) is 5.26 Å². The lowest BCUT2D eigenvalue weighted by Gasteiger charge is -2.35. The molecule has 1 aliphatic rings. The number of ether oxygens (including phenoxy) is 1. The number of nitriles is 1. The maximum absolute atomic E-state index is 8.65. The average Bonchev–Trinajstić information content (AvgIpc) is 2.31. The van der Waals surface area contributed by atoms with Crippen molar-refractivity contribution in [2.75, 3.05) is 26.8 Å². The van der Waals surface area contributed by atoms with Crippen molar-refractivity contribution in [1.29, 1.82) is 5.26 Å². The second-order valence-corrected chi connectivity index (χ2v) is 4.51. The SMILES string of the molecule is COCCN(CCC#N)C1CCC(N)CC1. The summed E-state index contributed by atoms with van der Waals surface area (Å²) in [6.07, 6.45) is 5.15. The van der Waals surface area contributed by atoms with Crippen LogP contribution >= 0.6 is 0 Å². The van der Waals surface area contributed by atoms with Crippen molar-refractivity contribution in [3.63, 3.8) is 0 Å². The first-order chi connectivity index (χ1) is 7.77. The maximum atomic E-state index is 8.65. The van der Waals surface area contributed by atoms with Gasteiger partial charge in [-0.3, -0.25) is 4.90 Å². The van der Waals surface area contributed by atoms with E-state index < -0.39 is 0 Å². The van der Waals surface area contributed by atoms with Crippen molar-refractivity contribution in [2.24, 2.45) is 5.73 Å². The molecule has 1 saturated carbocycles. The van der Waals surface area contributed by atoms with Crippen LogP contribution < -0.4 is 5.73 Å². The van der Waals surface area contributed by atoms with E-state index in [1.807, 2.05) is 0 Å². The molecule has 92 valence electrons. The van der Waals surface area contributed by atoms with Crippen molar-refractivity contribution in [2.45, 2.75) is 44.2 Å². The number of hydrogen-bond donors (Lipinski definition) is 1. The molecule has 1 aliphatic carbocycles. The summed E-state index contributed by atoms with van der Waals surface area (Å²) in [6, 6.07) is 3.20. The van der Waals surface area contributed by atoms with Crippen LogP contribution in [0.15, 0.2) is 0 Å². The summed E-state index contributed by atoms with van der Waals surface area (Å²) in [4.78, 5) is 2.39. The van der Waals surface area contributed by atoms with E-state index in [-0.39, 0.29) is 0 Å². The van der Waals surface area contributed by atoms with E-state index >= 15 is 0 Å². The summed E-state index contributed by atoms with van der Waals surface area (Å²) in [6.45, 7) is 2.53. The molecule has 0 aromatic heterocycles. The van der Waals surface area contributed by atoms with E-state index in [1.165, 1.54) is 0 Å². The number of hydrogen-bond acceptors (Lipinski definition) is 4. The summed E-state index contributed by atoms with van der Waals surface area (Å²) in [5.74, 6) is 0. The molecule has 2 N–H and O–H groups in total. The molecule has 4 heteroatoms. The highest BCUT2D eigenvalue weighted by Gasteiger charge is 2.23. The molecule has 0 saturated heterocycles. The smallest absolute Gasteiger partial charge is 0.0635 e. The highest BCUT2D eigenvalue weighted by atomic mass is 16.5. The lowest BCUT2D eigenvalue weighted by atomic mass is 9.90. The molecule has 0 heterocycles. The Bertz CT molecular complexity index is 219. The highest BCUT2D eigenvalue weighted by Crippen LogP contribution is 2.22. The molecule has 0 aromatic rings. The number of nitrogens with two attached hydrogens (primary N) is 1. The van der Waals surface area contributed by atoms with Gasteiger partial charge in [-0.1, -0.05) is 0 Å². The minimum absolute atomic E-state index is 0.386. The molecule has 0 spiro atoms. The van der Waals surface area contributed by atoms with Crippen molar-refractivity contribution < 1.29 is 4.74 Å². The van der Waals surface area contributed by atoms with Gasteiger partial charge in [-0.15, -0.1) is 0 Å². The fourth-order valence-corrected chi connectivity index (χ4v) is 2.35. The first-order valence-corrected chi connectivity index (χ1v) is 6.13. The molecule has 1 fully saturated rings. The lowest BCUT2D eigenvalue weighted by Crippen LogP contribution is -2.42. The lowest BCUT2D eigenvalue weighted by molar-refractivity contribution is 0.101. The first-order valence-electron chi connectivity index (χ1n) is 6.13. The van der Waals surface area contributed by atoms with Gasteiger partial charge in [0, 0.05) is 38.7 Å². The third-order valence-electron chi connectivity index (χ3n) is 3.35. The second-order valence-electron chi connectivity index (χ2n) is 4.51. The standard InChI is InChI=1S/C12H23N3O/c1-16-10-9-15(8-2-7-13)12-5-3-11(14)4-6-12/h11-12H,2-6,8-10,14H2,1H3. The van der Waals surface area contributed by atoms with Crippen LogP contribution in [0.1, 0.15) is 32.1 Å². The average molecular weight is 225 g/mol. The van der Waals surface area contributed by atoms with Gasteiger partial charge < -0.3 is 10.5 Å². The molecular weight excluding hydrogens is 202 g/mol. The third kappa shape index (κ3) is 4.48. The quantitative estimate of drug-likeness (QED) is 0.736. The Morgan fingerprint density at radius 1 is 1.31 bits per heavy atom. The van der Waals surface area contributed by atoms with Crippen molar-refractivity contribution >= 4 is 0 Å². The summed E-state index contributed by atoms with van der Waals surface area (Å²) in [5, 5.41) is 8.65. The van der Waals surface area contributed by atoms with Crippen LogP contribution in [-0.2, 0) is 4.74 Å². The number of nitrogens with zero attached hydrogens (tertiary/aromatic N) is 2.